The third-order valence-electron chi connectivity index (χ3n) is 7.60. The van der Waals surface area contributed by atoms with Gasteiger partial charge in [-0.05, 0) is 50.7 Å². The topological polar surface area (TPSA) is 150 Å². The zero-order valence-corrected chi connectivity index (χ0v) is 19.6. The van der Waals surface area contributed by atoms with Gasteiger partial charge in [0.05, 0.1) is 23.1 Å². The standard InChI is InChI=1S/C25H27N3O8/c29-19-9-8-17(21(30)26-19)28-23(32)16-2-1-3-18(20(16)24(28)33)36-15-6-4-13(5-7-15)22(31)27-11-10-14(12-27)25(34)35/h1-3,13-15,17H,4-12H2,(H,34,35)(H,26,29,30)/t13?,14-,15?,17?/m1/s1. The fourth-order valence-corrected chi connectivity index (χ4v) is 5.61. The summed E-state index contributed by atoms with van der Waals surface area (Å²) in [5.41, 5.74) is 0.273. The van der Waals surface area contributed by atoms with Crippen LogP contribution in [-0.4, -0.2) is 75.6 Å². The van der Waals surface area contributed by atoms with Crippen LogP contribution in [0.3, 0.4) is 0 Å². The van der Waals surface area contributed by atoms with E-state index in [2.05, 4.69) is 5.32 Å². The molecule has 1 aliphatic carbocycles. The molecule has 2 atom stereocenters. The Labute approximate surface area is 206 Å². The van der Waals surface area contributed by atoms with Gasteiger partial charge in [0.2, 0.25) is 17.7 Å². The molecule has 0 spiro atoms. The monoisotopic (exact) mass is 497 g/mol. The fraction of sp³-hybridized carbons (Fsp3) is 0.520. The molecule has 1 aromatic carbocycles. The number of imide groups is 2. The molecule has 5 rings (SSSR count). The Hall–Kier alpha value is -3.76. The van der Waals surface area contributed by atoms with E-state index < -0.39 is 41.6 Å². The molecule has 2 N–H and O–H groups in total. The number of fused-ring (bicyclic) bond motifs is 1. The van der Waals surface area contributed by atoms with Crippen LogP contribution in [0.1, 0.15) is 65.7 Å². The minimum atomic E-state index is -1.05. The van der Waals surface area contributed by atoms with Crippen LogP contribution in [0.5, 0.6) is 5.75 Å². The van der Waals surface area contributed by atoms with Crippen LogP contribution >= 0.6 is 0 Å². The molecule has 1 aromatic rings. The van der Waals surface area contributed by atoms with Gasteiger partial charge in [-0.25, -0.2) is 0 Å². The number of ether oxygens (including phenoxy) is 1. The van der Waals surface area contributed by atoms with Gasteiger partial charge in [-0.2, -0.15) is 0 Å². The van der Waals surface area contributed by atoms with Gasteiger partial charge >= 0.3 is 5.97 Å². The number of amides is 5. The third-order valence-corrected chi connectivity index (χ3v) is 7.60. The molecule has 3 fully saturated rings. The number of aliphatic carboxylic acids is 1. The Morgan fingerprint density at radius 1 is 0.944 bits per heavy atom. The Morgan fingerprint density at radius 2 is 1.69 bits per heavy atom. The van der Waals surface area contributed by atoms with E-state index >= 15 is 0 Å². The first-order valence-corrected chi connectivity index (χ1v) is 12.3. The second kappa shape index (κ2) is 9.36. The molecule has 190 valence electrons. The second-order valence-electron chi connectivity index (χ2n) is 9.83. The Balaban J connectivity index is 1.23. The summed E-state index contributed by atoms with van der Waals surface area (Å²) in [5, 5.41) is 11.4. The van der Waals surface area contributed by atoms with Crippen molar-refractivity contribution in [2.24, 2.45) is 11.8 Å². The summed E-state index contributed by atoms with van der Waals surface area (Å²) >= 11 is 0. The minimum absolute atomic E-state index is 0.0153. The summed E-state index contributed by atoms with van der Waals surface area (Å²) < 4.78 is 6.14. The number of carboxylic acids is 1. The van der Waals surface area contributed by atoms with Crippen molar-refractivity contribution in [3.05, 3.63) is 29.3 Å². The number of carboxylic acid groups (broad SMARTS) is 1. The molecule has 0 radical (unpaired) electrons. The van der Waals surface area contributed by atoms with Gasteiger partial charge in [0.15, 0.2) is 0 Å². The van der Waals surface area contributed by atoms with Gasteiger partial charge in [-0.15, -0.1) is 0 Å². The zero-order valence-electron chi connectivity index (χ0n) is 19.6. The Morgan fingerprint density at radius 3 is 2.36 bits per heavy atom. The summed E-state index contributed by atoms with van der Waals surface area (Å²) in [6.45, 7) is 0.711. The SMILES string of the molecule is O=C1CCC(N2C(=O)c3cccc(OC4CCC(C(=O)N5CC[C@@H](C(=O)O)C5)CC4)c3C2=O)C(=O)N1. The molecule has 2 saturated heterocycles. The first kappa shape index (κ1) is 24.0. The van der Waals surface area contributed by atoms with Crippen LogP contribution in [0, 0.1) is 11.8 Å². The van der Waals surface area contributed by atoms with Gasteiger partial charge in [0.1, 0.15) is 11.8 Å². The van der Waals surface area contributed by atoms with Crippen LogP contribution in [0.4, 0.5) is 0 Å². The van der Waals surface area contributed by atoms with Crippen molar-refractivity contribution in [3.63, 3.8) is 0 Å². The smallest absolute Gasteiger partial charge is 0.308 e. The lowest BCUT2D eigenvalue weighted by molar-refractivity contribution is -0.142. The molecule has 0 bridgehead atoms. The number of piperidine rings is 1. The lowest BCUT2D eigenvalue weighted by Crippen LogP contribution is -2.54. The van der Waals surface area contributed by atoms with Crippen molar-refractivity contribution in [3.8, 4) is 5.75 Å². The Bertz CT molecular complexity index is 1160. The van der Waals surface area contributed by atoms with Crippen molar-refractivity contribution in [1.29, 1.82) is 0 Å². The van der Waals surface area contributed by atoms with E-state index in [0.29, 0.717) is 38.6 Å². The summed E-state index contributed by atoms with van der Waals surface area (Å²) in [6, 6.07) is 3.71. The third kappa shape index (κ3) is 4.22. The largest absolute Gasteiger partial charge is 0.490 e. The molecule has 1 saturated carbocycles. The number of rotatable bonds is 5. The number of carbonyl (C=O) groups excluding carboxylic acids is 5. The van der Waals surface area contributed by atoms with Gasteiger partial charge in [-0.1, -0.05) is 6.07 Å². The van der Waals surface area contributed by atoms with Gasteiger partial charge in [0.25, 0.3) is 11.8 Å². The number of hydrogen-bond acceptors (Lipinski definition) is 7. The van der Waals surface area contributed by atoms with E-state index in [1.165, 1.54) is 6.07 Å². The van der Waals surface area contributed by atoms with Gasteiger partial charge in [-0.3, -0.25) is 39.0 Å². The molecule has 5 amide bonds. The number of nitrogens with one attached hydrogen (secondary N) is 1. The zero-order chi connectivity index (χ0) is 25.6. The molecule has 1 unspecified atom stereocenters. The summed E-state index contributed by atoms with van der Waals surface area (Å²) in [5.74, 6) is -3.63. The van der Waals surface area contributed by atoms with Crippen molar-refractivity contribution in [1.82, 2.24) is 15.1 Å². The van der Waals surface area contributed by atoms with Crippen LogP contribution in [0.15, 0.2) is 18.2 Å². The highest BCUT2D eigenvalue weighted by atomic mass is 16.5. The number of likely N-dealkylation sites (tertiary alicyclic amines) is 1. The summed E-state index contributed by atoms with van der Waals surface area (Å²) in [7, 11) is 0. The van der Waals surface area contributed by atoms with Gasteiger partial charge in [0, 0.05) is 25.4 Å². The average molecular weight is 498 g/mol. The van der Waals surface area contributed by atoms with Crippen molar-refractivity contribution in [2.45, 2.75) is 57.1 Å². The predicted octanol–water partition coefficient (Wildman–Crippen LogP) is 0.959. The molecular weight excluding hydrogens is 470 g/mol. The molecule has 4 aliphatic rings. The maximum Gasteiger partial charge on any atom is 0.308 e. The first-order valence-electron chi connectivity index (χ1n) is 12.3. The average Bonchev–Trinajstić information content (AvgIpc) is 3.44. The summed E-state index contributed by atoms with van der Waals surface area (Å²) in [4.78, 5) is 76.6. The molecular formula is C25H27N3O8. The second-order valence-corrected chi connectivity index (χ2v) is 9.83. The van der Waals surface area contributed by atoms with Crippen LogP contribution in [-0.2, 0) is 19.2 Å². The quantitative estimate of drug-likeness (QED) is 0.571. The molecule has 3 heterocycles. The van der Waals surface area contributed by atoms with Crippen LogP contribution in [0.2, 0.25) is 0 Å². The maximum atomic E-state index is 13.2. The highest BCUT2D eigenvalue weighted by molar-refractivity contribution is 6.24. The predicted molar refractivity (Wildman–Crippen MR) is 122 cm³/mol. The fourth-order valence-electron chi connectivity index (χ4n) is 5.61. The van der Waals surface area contributed by atoms with E-state index in [1.807, 2.05) is 0 Å². The number of nitrogens with zero attached hydrogens (tertiary/aromatic N) is 2. The number of carbonyl (C=O) groups is 6. The van der Waals surface area contributed by atoms with E-state index in [9.17, 15) is 33.9 Å². The van der Waals surface area contributed by atoms with Crippen LogP contribution < -0.4 is 10.1 Å². The van der Waals surface area contributed by atoms with E-state index in [0.717, 1.165) is 4.90 Å². The molecule has 3 aliphatic heterocycles. The minimum Gasteiger partial charge on any atom is -0.490 e. The molecule has 36 heavy (non-hydrogen) atoms. The summed E-state index contributed by atoms with van der Waals surface area (Å²) in [6.07, 6.45) is 2.67. The van der Waals surface area contributed by atoms with Crippen molar-refractivity contribution < 1.29 is 38.6 Å². The first-order chi connectivity index (χ1) is 17.2. The van der Waals surface area contributed by atoms with Crippen LogP contribution in [0.25, 0.3) is 0 Å². The normalized spacial score (nSPS) is 28.2. The van der Waals surface area contributed by atoms with E-state index in [-0.39, 0.29) is 54.2 Å². The van der Waals surface area contributed by atoms with E-state index in [4.69, 9.17) is 4.74 Å². The molecule has 0 aromatic heterocycles. The van der Waals surface area contributed by atoms with E-state index in [1.54, 1.807) is 17.0 Å². The van der Waals surface area contributed by atoms with Gasteiger partial charge < -0.3 is 14.7 Å². The van der Waals surface area contributed by atoms with Crippen molar-refractivity contribution >= 4 is 35.5 Å². The lowest BCUT2D eigenvalue weighted by Gasteiger charge is -2.31. The number of benzene rings is 1. The molecule has 11 nitrogen and oxygen atoms in total. The lowest BCUT2D eigenvalue weighted by atomic mass is 9.86. The highest BCUT2D eigenvalue weighted by Gasteiger charge is 2.46. The number of hydrogen-bond donors (Lipinski definition) is 2. The maximum absolute atomic E-state index is 13.2. The van der Waals surface area contributed by atoms with Crippen molar-refractivity contribution in [2.75, 3.05) is 13.1 Å². The molecule has 11 heteroatoms. The highest BCUT2D eigenvalue weighted by Crippen LogP contribution is 2.36. The Kier molecular flexibility index (Phi) is 6.23.